The Bertz CT molecular complexity index is 394. The molecule has 0 aliphatic rings. The third-order valence-electron chi connectivity index (χ3n) is 2.40. The Morgan fingerprint density at radius 2 is 2.24 bits per heavy atom. The normalized spacial score (nSPS) is 12.1. The van der Waals surface area contributed by atoms with E-state index >= 15 is 0 Å². The lowest BCUT2D eigenvalue weighted by atomic mass is 10.2. The van der Waals surface area contributed by atoms with Crippen LogP contribution >= 0.6 is 11.6 Å². The van der Waals surface area contributed by atoms with Crippen molar-refractivity contribution in [2.75, 3.05) is 17.7 Å². The molecule has 0 heterocycles. The highest BCUT2D eigenvalue weighted by molar-refractivity contribution is 6.18. The number of anilines is 1. The molecule has 0 amide bonds. The Labute approximate surface area is 109 Å². The second-order valence-electron chi connectivity index (χ2n) is 3.97. The first-order chi connectivity index (χ1) is 8.26. The van der Waals surface area contributed by atoms with Gasteiger partial charge < -0.3 is 5.32 Å². The average Bonchev–Trinajstić information content (AvgIpc) is 2.33. The van der Waals surface area contributed by atoms with Gasteiger partial charge in [-0.05, 0) is 36.6 Å². The fourth-order valence-corrected chi connectivity index (χ4v) is 1.71. The molecule has 1 rings (SSSR count). The minimum Gasteiger partial charge on any atom is -0.381 e. The molecule has 0 saturated heterocycles. The van der Waals surface area contributed by atoms with Crippen LogP contribution in [0.15, 0.2) is 48.1 Å². The highest BCUT2D eigenvalue weighted by Crippen LogP contribution is 2.10. The summed E-state index contributed by atoms with van der Waals surface area (Å²) < 4.78 is 0. The fraction of sp³-hybridized carbons (Fsp3) is 0.333. The zero-order valence-electron chi connectivity index (χ0n) is 10.5. The van der Waals surface area contributed by atoms with Crippen molar-refractivity contribution in [2.45, 2.75) is 20.3 Å². The third-order valence-corrected chi connectivity index (χ3v) is 2.58. The lowest BCUT2D eigenvalue weighted by molar-refractivity contribution is 1.16. The van der Waals surface area contributed by atoms with E-state index in [0.29, 0.717) is 5.88 Å². The number of nitrogens with one attached hydrogen (secondary N) is 1. The van der Waals surface area contributed by atoms with Crippen molar-refractivity contribution in [1.82, 2.24) is 0 Å². The van der Waals surface area contributed by atoms with Crippen molar-refractivity contribution in [3.8, 4) is 0 Å². The van der Waals surface area contributed by atoms with E-state index in [0.717, 1.165) is 18.7 Å². The topological polar surface area (TPSA) is 12.0 Å². The van der Waals surface area contributed by atoms with Gasteiger partial charge in [0.1, 0.15) is 0 Å². The van der Waals surface area contributed by atoms with E-state index in [1.54, 1.807) is 0 Å². The van der Waals surface area contributed by atoms with Crippen LogP contribution in [0.3, 0.4) is 0 Å². The van der Waals surface area contributed by atoms with Gasteiger partial charge in [0, 0.05) is 18.1 Å². The van der Waals surface area contributed by atoms with Gasteiger partial charge in [-0.3, -0.25) is 0 Å². The van der Waals surface area contributed by atoms with Crippen LogP contribution in [-0.4, -0.2) is 12.4 Å². The molecule has 17 heavy (non-hydrogen) atoms. The first kappa shape index (κ1) is 13.9. The molecule has 0 atom stereocenters. The number of hydrogen-bond acceptors (Lipinski definition) is 1. The van der Waals surface area contributed by atoms with E-state index in [1.807, 2.05) is 6.08 Å². The number of allylic oxidation sites excluding steroid dienone is 2. The Morgan fingerprint density at radius 3 is 2.88 bits per heavy atom. The number of rotatable bonds is 6. The molecular weight excluding hydrogens is 230 g/mol. The molecule has 2 heteroatoms. The fourth-order valence-electron chi connectivity index (χ4n) is 1.62. The van der Waals surface area contributed by atoms with Gasteiger partial charge in [0.05, 0.1) is 0 Å². The molecule has 0 spiro atoms. The monoisotopic (exact) mass is 249 g/mol. The maximum Gasteiger partial charge on any atom is 0.0407 e. The number of halogens is 1. The van der Waals surface area contributed by atoms with Crippen LogP contribution in [0.4, 0.5) is 5.69 Å². The van der Waals surface area contributed by atoms with Crippen molar-refractivity contribution < 1.29 is 0 Å². The molecule has 0 fully saturated rings. The molecule has 0 bridgehead atoms. The van der Waals surface area contributed by atoms with Gasteiger partial charge in [-0.2, -0.15) is 0 Å². The number of alkyl halides is 1. The third kappa shape index (κ3) is 5.60. The summed E-state index contributed by atoms with van der Waals surface area (Å²) in [4.78, 5) is 0. The van der Waals surface area contributed by atoms with E-state index < -0.39 is 0 Å². The van der Waals surface area contributed by atoms with Gasteiger partial charge in [-0.25, -0.2) is 0 Å². The SMILES string of the molecule is CC/C=C(\C=C/CCl)CNc1cccc(C)c1. The zero-order valence-corrected chi connectivity index (χ0v) is 11.3. The zero-order chi connectivity index (χ0) is 12.5. The molecule has 0 aromatic heterocycles. The van der Waals surface area contributed by atoms with Gasteiger partial charge in [-0.15, -0.1) is 11.6 Å². The largest absolute Gasteiger partial charge is 0.381 e. The molecule has 1 nitrogen and oxygen atoms in total. The van der Waals surface area contributed by atoms with Crippen molar-refractivity contribution in [2.24, 2.45) is 0 Å². The average molecular weight is 250 g/mol. The van der Waals surface area contributed by atoms with Gasteiger partial charge in [0.15, 0.2) is 0 Å². The van der Waals surface area contributed by atoms with Gasteiger partial charge in [-0.1, -0.05) is 37.3 Å². The van der Waals surface area contributed by atoms with E-state index in [-0.39, 0.29) is 0 Å². The lowest BCUT2D eigenvalue weighted by Crippen LogP contribution is -2.03. The summed E-state index contributed by atoms with van der Waals surface area (Å²) in [5.41, 5.74) is 3.70. The summed E-state index contributed by atoms with van der Waals surface area (Å²) in [5.74, 6) is 0.561. The summed E-state index contributed by atoms with van der Waals surface area (Å²) in [7, 11) is 0. The van der Waals surface area contributed by atoms with Crippen LogP contribution in [0.25, 0.3) is 0 Å². The lowest BCUT2D eigenvalue weighted by Gasteiger charge is -2.08. The minimum absolute atomic E-state index is 0.561. The first-order valence-corrected chi connectivity index (χ1v) is 6.51. The second kappa shape index (κ2) is 7.97. The molecule has 1 aromatic carbocycles. The maximum atomic E-state index is 5.65. The molecule has 1 N–H and O–H groups in total. The summed E-state index contributed by atoms with van der Waals surface area (Å²) >= 11 is 5.65. The van der Waals surface area contributed by atoms with E-state index in [4.69, 9.17) is 11.6 Å². The van der Waals surface area contributed by atoms with Gasteiger partial charge in [0.25, 0.3) is 0 Å². The standard InChI is InChI=1S/C15H20ClN/c1-3-6-14(8-5-10-16)12-17-15-9-4-7-13(2)11-15/h4-9,11,17H,3,10,12H2,1-2H3/b8-5-,14-6+. The smallest absolute Gasteiger partial charge is 0.0407 e. The van der Waals surface area contributed by atoms with Crippen molar-refractivity contribution in [1.29, 1.82) is 0 Å². The van der Waals surface area contributed by atoms with Gasteiger partial charge in [0.2, 0.25) is 0 Å². The molecule has 0 aliphatic carbocycles. The summed E-state index contributed by atoms with van der Waals surface area (Å²) in [6.07, 6.45) is 7.31. The van der Waals surface area contributed by atoms with Crippen LogP contribution in [-0.2, 0) is 0 Å². The van der Waals surface area contributed by atoms with Crippen LogP contribution in [0, 0.1) is 6.92 Å². The van der Waals surface area contributed by atoms with E-state index in [1.165, 1.54) is 11.1 Å². The summed E-state index contributed by atoms with van der Waals surface area (Å²) in [6, 6.07) is 8.40. The molecule has 0 radical (unpaired) electrons. The van der Waals surface area contributed by atoms with E-state index in [9.17, 15) is 0 Å². The van der Waals surface area contributed by atoms with Crippen molar-refractivity contribution in [3.05, 3.63) is 53.6 Å². The minimum atomic E-state index is 0.561. The quantitative estimate of drug-likeness (QED) is 0.577. The first-order valence-electron chi connectivity index (χ1n) is 5.98. The number of benzene rings is 1. The number of aryl methyl sites for hydroxylation is 1. The van der Waals surface area contributed by atoms with E-state index in [2.05, 4.69) is 55.6 Å². The molecule has 0 aliphatic heterocycles. The predicted octanol–water partition coefficient (Wildman–Crippen LogP) is 4.54. The second-order valence-corrected chi connectivity index (χ2v) is 4.28. The van der Waals surface area contributed by atoms with Gasteiger partial charge >= 0.3 is 0 Å². The van der Waals surface area contributed by atoms with Crippen molar-refractivity contribution in [3.63, 3.8) is 0 Å². The molecule has 0 saturated carbocycles. The van der Waals surface area contributed by atoms with Crippen molar-refractivity contribution >= 4 is 17.3 Å². The summed E-state index contributed by atoms with van der Waals surface area (Å²) in [6.45, 7) is 5.08. The van der Waals surface area contributed by atoms with Crippen LogP contribution in [0.2, 0.25) is 0 Å². The maximum absolute atomic E-state index is 5.65. The predicted molar refractivity (Wildman–Crippen MR) is 77.9 cm³/mol. The highest BCUT2D eigenvalue weighted by Gasteiger charge is 1.94. The number of hydrogen-bond donors (Lipinski definition) is 1. The van der Waals surface area contributed by atoms with Crippen LogP contribution < -0.4 is 5.32 Å². The Hall–Kier alpha value is -1.21. The Morgan fingerprint density at radius 1 is 1.41 bits per heavy atom. The van der Waals surface area contributed by atoms with Crippen LogP contribution in [0.5, 0.6) is 0 Å². The Kier molecular flexibility index (Phi) is 6.49. The summed E-state index contributed by atoms with van der Waals surface area (Å²) in [5, 5.41) is 3.42. The molecule has 0 unspecified atom stereocenters. The highest BCUT2D eigenvalue weighted by atomic mass is 35.5. The Balaban J connectivity index is 2.58. The van der Waals surface area contributed by atoms with Crippen LogP contribution in [0.1, 0.15) is 18.9 Å². The molecular formula is C15H20ClN. The molecule has 1 aromatic rings. The molecule has 92 valence electrons.